The first-order valence-electron chi connectivity index (χ1n) is 11.2. The second kappa shape index (κ2) is 8.75. The molecule has 36 heavy (non-hydrogen) atoms. The van der Waals surface area contributed by atoms with Crippen molar-refractivity contribution in [2.75, 3.05) is 5.32 Å². The van der Waals surface area contributed by atoms with Gasteiger partial charge in [0.25, 0.3) is 0 Å². The van der Waals surface area contributed by atoms with E-state index in [1.807, 2.05) is 56.3 Å². The minimum absolute atomic E-state index is 0.298. The van der Waals surface area contributed by atoms with Gasteiger partial charge in [-0.3, -0.25) is 0 Å². The van der Waals surface area contributed by atoms with E-state index < -0.39 is 12.4 Å². The molecule has 6 nitrogen and oxygen atoms in total. The summed E-state index contributed by atoms with van der Waals surface area (Å²) >= 11 is 0. The Morgan fingerprint density at radius 2 is 1.75 bits per heavy atom. The highest BCUT2D eigenvalue weighted by molar-refractivity contribution is 5.93. The van der Waals surface area contributed by atoms with Crippen molar-refractivity contribution in [3.8, 4) is 33.9 Å². The molecule has 0 fully saturated rings. The van der Waals surface area contributed by atoms with Crippen LogP contribution < -0.4 is 14.8 Å². The first kappa shape index (κ1) is 23.5. The van der Waals surface area contributed by atoms with Crippen LogP contribution in [0.4, 0.5) is 23.7 Å². The second-order valence-electron chi connectivity index (χ2n) is 9.07. The zero-order valence-electron chi connectivity index (χ0n) is 19.5. The normalized spacial score (nSPS) is 14.1. The molecule has 1 N–H and O–H groups in total. The Hall–Kier alpha value is -4.27. The zero-order valence-corrected chi connectivity index (χ0v) is 19.5. The third-order valence-corrected chi connectivity index (χ3v) is 5.68. The largest absolute Gasteiger partial charge is 0.573 e. The lowest BCUT2D eigenvalue weighted by Gasteiger charge is -2.16. The predicted octanol–water partition coefficient (Wildman–Crippen LogP) is 6.91. The molecule has 2 heterocycles. The standard InChI is InChI=1S/C27H22F3N3O3/c1-26(2)15-19-14-20(10-13-23(19)36-26)31-25(34)33-16-22(17-6-4-3-5-7-17)24(32-33)18-8-11-21(12-9-18)35-27(28,29)30/h3-14,16H,15H2,1-2H3,(H,31,34). The van der Waals surface area contributed by atoms with Gasteiger partial charge in [-0.15, -0.1) is 13.2 Å². The van der Waals surface area contributed by atoms with Crippen LogP contribution in [-0.4, -0.2) is 27.8 Å². The molecular weight excluding hydrogens is 471 g/mol. The maximum Gasteiger partial charge on any atom is 0.573 e. The molecule has 0 saturated carbocycles. The summed E-state index contributed by atoms with van der Waals surface area (Å²) in [4.78, 5) is 13.1. The summed E-state index contributed by atoms with van der Waals surface area (Å²) in [6, 6.07) is 19.7. The number of carbonyl (C=O) groups excluding carboxylic acids is 1. The van der Waals surface area contributed by atoms with E-state index >= 15 is 0 Å². The Balaban J connectivity index is 1.45. The number of alkyl halides is 3. The van der Waals surface area contributed by atoms with Crippen LogP contribution in [0, 0.1) is 0 Å². The molecule has 1 aliphatic heterocycles. The quantitative estimate of drug-likeness (QED) is 0.336. The number of rotatable bonds is 4. The number of benzene rings is 3. The molecule has 4 aromatic rings. The SMILES string of the molecule is CC1(C)Cc2cc(NC(=O)n3cc(-c4ccccc4)c(-c4ccc(OC(F)(F)F)cc4)n3)ccc2O1. The highest BCUT2D eigenvalue weighted by Crippen LogP contribution is 2.37. The average Bonchev–Trinajstić information content (AvgIpc) is 3.39. The van der Waals surface area contributed by atoms with Crippen molar-refractivity contribution in [3.63, 3.8) is 0 Å². The first-order valence-corrected chi connectivity index (χ1v) is 11.2. The Labute approximate surface area is 205 Å². The van der Waals surface area contributed by atoms with Crippen LogP contribution in [0.15, 0.2) is 79.0 Å². The summed E-state index contributed by atoms with van der Waals surface area (Å²) in [5.74, 6) is 0.456. The number of amides is 1. The summed E-state index contributed by atoms with van der Waals surface area (Å²) in [5, 5.41) is 7.32. The van der Waals surface area contributed by atoms with Gasteiger partial charge < -0.3 is 14.8 Å². The monoisotopic (exact) mass is 493 g/mol. The molecular formula is C27H22F3N3O3. The molecule has 0 saturated heterocycles. The van der Waals surface area contributed by atoms with Crippen LogP contribution in [0.25, 0.3) is 22.4 Å². The fourth-order valence-electron chi connectivity index (χ4n) is 4.20. The fourth-order valence-corrected chi connectivity index (χ4v) is 4.20. The Morgan fingerprint density at radius 3 is 2.44 bits per heavy atom. The smallest absolute Gasteiger partial charge is 0.487 e. The number of hydrogen-bond acceptors (Lipinski definition) is 4. The van der Waals surface area contributed by atoms with E-state index in [1.54, 1.807) is 12.3 Å². The van der Waals surface area contributed by atoms with E-state index in [0.717, 1.165) is 23.3 Å². The molecule has 184 valence electrons. The van der Waals surface area contributed by atoms with E-state index in [0.29, 0.717) is 22.5 Å². The number of nitrogens with zero attached hydrogens (tertiary/aromatic N) is 2. The van der Waals surface area contributed by atoms with Crippen LogP contribution in [0.2, 0.25) is 0 Å². The van der Waals surface area contributed by atoms with E-state index in [9.17, 15) is 18.0 Å². The molecule has 0 unspecified atom stereocenters. The van der Waals surface area contributed by atoms with Gasteiger partial charge in [0.1, 0.15) is 22.8 Å². The van der Waals surface area contributed by atoms with Crippen LogP contribution in [0.5, 0.6) is 11.5 Å². The van der Waals surface area contributed by atoms with Gasteiger partial charge in [0.05, 0.1) is 0 Å². The number of aromatic nitrogens is 2. The van der Waals surface area contributed by atoms with Crippen molar-refractivity contribution in [3.05, 3.63) is 84.6 Å². The molecule has 0 bridgehead atoms. The van der Waals surface area contributed by atoms with Crippen LogP contribution in [0.3, 0.4) is 0 Å². The molecule has 0 atom stereocenters. The first-order chi connectivity index (χ1) is 17.1. The third-order valence-electron chi connectivity index (χ3n) is 5.68. The number of hydrogen-bond donors (Lipinski definition) is 1. The van der Waals surface area contributed by atoms with E-state index in [-0.39, 0.29) is 11.4 Å². The van der Waals surface area contributed by atoms with Gasteiger partial charge in [-0.25, -0.2) is 4.79 Å². The maximum absolute atomic E-state index is 13.1. The Bertz CT molecular complexity index is 1410. The van der Waals surface area contributed by atoms with Crippen molar-refractivity contribution < 1.29 is 27.4 Å². The van der Waals surface area contributed by atoms with Crippen LogP contribution >= 0.6 is 0 Å². The lowest BCUT2D eigenvalue weighted by atomic mass is 10.0. The Morgan fingerprint density at radius 1 is 1.03 bits per heavy atom. The number of ether oxygens (including phenoxy) is 2. The van der Waals surface area contributed by atoms with Crippen molar-refractivity contribution >= 4 is 11.7 Å². The molecule has 5 rings (SSSR count). The molecule has 1 aliphatic rings. The van der Waals surface area contributed by atoms with Crippen molar-refractivity contribution in [2.45, 2.75) is 32.2 Å². The zero-order chi connectivity index (χ0) is 25.5. The molecule has 1 aromatic heterocycles. The van der Waals surface area contributed by atoms with Crippen LogP contribution in [-0.2, 0) is 6.42 Å². The number of fused-ring (bicyclic) bond motifs is 1. The van der Waals surface area contributed by atoms with Gasteiger partial charge in [-0.05, 0) is 61.9 Å². The van der Waals surface area contributed by atoms with Gasteiger partial charge >= 0.3 is 12.4 Å². The van der Waals surface area contributed by atoms with Gasteiger partial charge in [-0.2, -0.15) is 9.78 Å². The van der Waals surface area contributed by atoms with Gasteiger partial charge in [-0.1, -0.05) is 30.3 Å². The molecule has 0 aliphatic carbocycles. The lowest BCUT2D eigenvalue weighted by molar-refractivity contribution is -0.274. The molecule has 0 spiro atoms. The average molecular weight is 493 g/mol. The highest BCUT2D eigenvalue weighted by atomic mass is 19.4. The summed E-state index contributed by atoms with van der Waals surface area (Å²) < 4.78 is 48.7. The van der Waals surface area contributed by atoms with E-state index in [4.69, 9.17) is 4.74 Å². The molecule has 3 aromatic carbocycles. The minimum atomic E-state index is -4.78. The number of halogens is 3. The lowest BCUT2D eigenvalue weighted by Crippen LogP contribution is -2.24. The van der Waals surface area contributed by atoms with Crippen molar-refractivity contribution in [2.24, 2.45) is 0 Å². The molecule has 0 radical (unpaired) electrons. The minimum Gasteiger partial charge on any atom is -0.487 e. The summed E-state index contributed by atoms with van der Waals surface area (Å²) in [5.41, 5.74) is 3.74. The maximum atomic E-state index is 13.1. The van der Waals surface area contributed by atoms with Crippen molar-refractivity contribution in [1.29, 1.82) is 0 Å². The number of anilines is 1. The number of nitrogens with one attached hydrogen (secondary N) is 1. The topological polar surface area (TPSA) is 65.4 Å². The predicted molar refractivity (Wildman–Crippen MR) is 129 cm³/mol. The summed E-state index contributed by atoms with van der Waals surface area (Å²) in [7, 11) is 0. The van der Waals surface area contributed by atoms with Crippen LogP contribution in [0.1, 0.15) is 19.4 Å². The van der Waals surface area contributed by atoms with Gasteiger partial charge in [0.2, 0.25) is 0 Å². The molecule has 9 heteroatoms. The number of carbonyl (C=O) groups is 1. The summed E-state index contributed by atoms with van der Waals surface area (Å²) in [6.45, 7) is 4.01. The summed E-state index contributed by atoms with van der Waals surface area (Å²) in [6.07, 6.45) is -2.46. The van der Waals surface area contributed by atoms with Crippen molar-refractivity contribution in [1.82, 2.24) is 9.78 Å². The Kier molecular flexibility index (Phi) is 5.70. The molecule has 1 amide bonds. The fraction of sp³-hybridized carbons (Fsp3) is 0.185. The highest BCUT2D eigenvalue weighted by Gasteiger charge is 2.31. The van der Waals surface area contributed by atoms with E-state index in [2.05, 4.69) is 15.2 Å². The third kappa shape index (κ3) is 5.05. The van der Waals surface area contributed by atoms with E-state index in [1.165, 1.54) is 28.9 Å². The van der Waals surface area contributed by atoms with Gasteiger partial charge in [0, 0.05) is 35.0 Å². The van der Waals surface area contributed by atoms with Gasteiger partial charge in [0.15, 0.2) is 0 Å². The second-order valence-corrected chi connectivity index (χ2v) is 9.07.